The molecule has 0 spiro atoms. The highest BCUT2D eigenvalue weighted by molar-refractivity contribution is 5.90. The Morgan fingerprint density at radius 1 is 0.947 bits per heavy atom. The Labute approximate surface area is 215 Å². The number of nitrogens with one attached hydrogen (secondary N) is 1. The molecule has 1 N–H and O–H groups in total. The highest BCUT2D eigenvalue weighted by Gasteiger charge is 2.38. The first-order valence-electron chi connectivity index (χ1n) is 11.9. The largest absolute Gasteiger partial charge is 0.449 e. The Morgan fingerprint density at radius 2 is 1.53 bits per heavy atom. The summed E-state index contributed by atoms with van der Waals surface area (Å²) in [6, 6.07) is 4.01. The van der Waals surface area contributed by atoms with Gasteiger partial charge in [-0.2, -0.15) is 26.3 Å². The lowest BCUT2D eigenvalue weighted by atomic mass is 9.89. The number of fused-ring (bicyclic) bond motifs is 1. The van der Waals surface area contributed by atoms with E-state index in [4.69, 9.17) is 9.47 Å². The molecule has 0 radical (unpaired) electrons. The van der Waals surface area contributed by atoms with Crippen LogP contribution >= 0.6 is 0 Å². The van der Waals surface area contributed by atoms with Crippen LogP contribution in [0.2, 0.25) is 0 Å². The molecular formula is C26H28F6N2O4. The lowest BCUT2D eigenvalue weighted by molar-refractivity contribution is -0.143. The number of benzene rings is 2. The Kier molecular flexibility index (Phi) is 8.52. The van der Waals surface area contributed by atoms with E-state index in [0.29, 0.717) is 29.8 Å². The van der Waals surface area contributed by atoms with Crippen LogP contribution in [0.3, 0.4) is 0 Å². The number of alkyl carbamates (subject to hydrolysis) is 1. The van der Waals surface area contributed by atoms with Crippen molar-refractivity contribution < 1.29 is 45.4 Å². The Hall–Kier alpha value is -3.44. The molecule has 0 aromatic heterocycles. The highest BCUT2D eigenvalue weighted by atomic mass is 19.4. The van der Waals surface area contributed by atoms with Gasteiger partial charge in [-0.3, -0.25) is 4.90 Å². The fraction of sp³-hybridized carbons (Fsp3) is 0.462. The van der Waals surface area contributed by atoms with Crippen molar-refractivity contribution in [3.63, 3.8) is 0 Å². The molecule has 0 aliphatic carbocycles. The van der Waals surface area contributed by atoms with Gasteiger partial charge in [0.1, 0.15) is 0 Å². The Balaban J connectivity index is 1.74. The zero-order valence-electron chi connectivity index (χ0n) is 21.2. The zero-order valence-corrected chi connectivity index (χ0v) is 21.2. The van der Waals surface area contributed by atoms with Crippen molar-refractivity contribution in [1.82, 2.24) is 5.32 Å². The van der Waals surface area contributed by atoms with E-state index in [9.17, 15) is 35.9 Å². The molecule has 1 aliphatic rings. The minimum atomic E-state index is -4.97. The van der Waals surface area contributed by atoms with Crippen molar-refractivity contribution in [2.24, 2.45) is 0 Å². The molecule has 0 saturated heterocycles. The molecule has 0 fully saturated rings. The number of hydrogen-bond acceptors (Lipinski definition) is 4. The van der Waals surface area contributed by atoms with Crippen molar-refractivity contribution >= 4 is 17.9 Å². The number of ether oxygens (including phenoxy) is 2. The summed E-state index contributed by atoms with van der Waals surface area (Å²) in [4.78, 5) is 26.7. The third-order valence-electron chi connectivity index (χ3n) is 6.32. The predicted molar refractivity (Wildman–Crippen MR) is 127 cm³/mol. The average molecular weight is 547 g/mol. The van der Waals surface area contributed by atoms with Crippen molar-refractivity contribution in [1.29, 1.82) is 0 Å². The molecule has 2 amide bonds. The molecule has 3 rings (SSSR count). The van der Waals surface area contributed by atoms with Crippen LogP contribution in [0.1, 0.15) is 59.7 Å². The van der Waals surface area contributed by atoms with Crippen molar-refractivity contribution in [2.75, 3.05) is 18.1 Å². The SMILES string of the molecule is CCOC(=O)N1c2cc(C)c(C)cc2[C@@H](NC(=O)OCCc2cc(C(F)(F)F)cc(C(F)(F)F)c2)C[C@H]1C. The number of anilines is 1. The van der Waals surface area contributed by atoms with Crippen LogP contribution in [0.5, 0.6) is 0 Å². The summed E-state index contributed by atoms with van der Waals surface area (Å²) in [6.45, 7) is 6.99. The quantitative estimate of drug-likeness (QED) is 0.406. The molecule has 2 aromatic rings. The molecule has 12 heteroatoms. The fourth-order valence-corrected chi connectivity index (χ4v) is 4.34. The van der Waals surface area contributed by atoms with E-state index < -0.39 is 48.3 Å². The number of nitrogens with zero attached hydrogens (tertiary/aromatic N) is 1. The number of alkyl halides is 6. The molecule has 2 atom stereocenters. The van der Waals surface area contributed by atoms with Gasteiger partial charge in [0, 0.05) is 12.5 Å². The van der Waals surface area contributed by atoms with Crippen molar-refractivity contribution in [3.8, 4) is 0 Å². The van der Waals surface area contributed by atoms with E-state index in [1.165, 1.54) is 4.90 Å². The normalized spacial score (nSPS) is 17.6. The van der Waals surface area contributed by atoms with Crippen LogP contribution in [0.4, 0.5) is 41.6 Å². The van der Waals surface area contributed by atoms with Gasteiger partial charge in [-0.05, 0) is 80.6 Å². The van der Waals surface area contributed by atoms with Gasteiger partial charge in [0.15, 0.2) is 0 Å². The molecule has 0 saturated carbocycles. The lowest BCUT2D eigenvalue weighted by Crippen LogP contribution is -2.46. The first-order valence-corrected chi connectivity index (χ1v) is 11.9. The molecule has 38 heavy (non-hydrogen) atoms. The first kappa shape index (κ1) is 29.1. The maximum atomic E-state index is 13.1. The van der Waals surface area contributed by atoms with Gasteiger partial charge in [0.2, 0.25) is 0 Å². The summed E-state index contributed by atoms with van der Waals surface area (Å²) in [5.74, 6) is 0. The maximum absolute atomic E-state index is 13.1. The molecule has 208 valence electrons. The summed E-state index contributed by atoms with van der Waals surface area (Å²) in [5, 5.41) is 2.70. The Morgan fingerprint density at radius 3 is 2.08 bits per heavy atom. The molecule has 2 aromatic carbocycles. The smallest absolute Gasteiger partial charge is 0.416 e. The van der Waals surface area contributed by atoms with E-state index in [1.807, 2.05) is 26.0 Å². The van der Waals surface area contributed by atoms with E-state index in [0.717, 1.165) is 11.1 Å². The number of aryl methyl sites for hydroxylation is 2. The minimum Gasteiger partial charge on any atom is -0.449 e. The van der Waals surface area contributed by atoms with E-state index in [-0.39, 0.29) is 30.7 Å². The number of rotatable bonds is 5. The van der Waals surface area contributed by atoms with Gasteiger partial charge in [0.05, 0.1) is 36.1 Å². The summed E-state index contributed by atoms with van der Waals surface area (Å²) >= 11 is 0. The number of halogens is 6. The number of carbonyl (C=O) groups is 2. The van der Waals surface area contributed by atoms with Gasteiger partial charge < -0.3 is 14.8 Å². The Bertz CT molecular complexity index is 1160. The van der Waals surface area contributed by atoms with E-state index in [1.54, 1.807) is 13.8 Å². The van der Waals surface area contributed by atoms with Crippen LogP contribution in [0.15, 0.2) is 30.3 Å². The molecule has 0 bridgehead atoms. The molecule has 0 unspecified atom stereocenters. The van der Waals surface area contributed by atoms with Gasteiger partial charge in [0.25, 0.3) is 0 Å². The summed E-state index contributed by atoms with van der Waals surface area (Å²) < 4.78 is 88.8. The van der Waals surface area contributed by atoms with E-state index >= 15 is 0 Å². The standard InChI is InChI=1S/C26H28F6N2O4/c1-5-37-24(36)34-16(4)10-21(20-8-14(2)15(3)9-22(20)34)33-23(35)38-7-6-17-11-18(25(27,28)29)13-19(12-17)26(30,31)32/h8-9,11-13,16,21H,5-7,10H2,1-4H3,(H,33,35)/t16-,21+/m1/s1. The monoisotopic (exact) mass is 546 g/mol. The van der Waals surface area contributed by atoms with Crippen LogP contribution < -0.4 is 10.2 Å². The van der Waals surface area contributed by atoms with Crippen LogP contribution in [0, 0.1) is 13.8 Å². The first-order chi connectivity index (χ1) is 17.6. The topological polar surface area (TPSA) is 67.9 Å². The number of hydrogen-bond donors (Lipinski definition) is 1. The molecular weight excluding hydrogens is 518 g/mol. The van der Waals surface area contributed by atoms with Crippen molar-refractivity contribution in [2.45, 2.75) is 65.0 Å². The molecule has 6 nitrogen and oxygen atoms in total. The molecule has 1 heterocycles. The van der Waals surface area contributed by atoms with Gasteiger partial charge >= 0.3 is 24.5 Å². The maximum Gasteiger partial charge on any atom is 0.416 e. The summed E-state index contributed by atoms with van der Waals surface area (Å²) in [7, 11) is 0. The molecule has 1 aliphatic heterocycles. The number of amides is 2. The van der Waals surface area contributed by atoms with Crippen LogP contribution in [-0.4, -0.2) is 31.4 Å². The highest BCUT2D eigenvalue weighted by Crippen LogP contribution is 2.39. The second-order valence-corrected chi connectivity index (χ2v) is 9.15. The third kappa shape index (κ3) is 6.70. The van der Waals surface area contributed by atoms with Gasteiger partial charge in [-0.15, -0.1) is 0 Å². The summed E-state index contributed by atoms with van der Waals surface area (Å²) in [5.41, 5.74) is -0.0659. The van der Waals surface area contributed by atoms with E-state index in [2.05, 4.69) is 5.32 Å². The number of carbonyl (C=O) groups excluding carboxylic acids is 2. The fourth-order valence-electron chi connectivity index (χ4n) is 4.34. The minimum absolute atomic E-state index is 0.0437. The second-order valence-electron chi connectivity index (χ2n) is 9.15. The summed E-state index contributed by atoms with van der Waals surface area (Å²) in [6.07, 6.45) is -11.4. The van der Waals surface area contributed by atoms with Crippen LogP contribution in [0.25, 0.3) is 0 Å². The average Bonchev–Trinajstić information content (AvgIpc) is 2.79. The van der Waals surface area contributed by atoms with Crippen molar-refractivity contribution in [3.05, 3.63) is 63.7 Å². The van der Waals surface area contributed by atoms with Gasteiger partial charge in [-0.1, -0.05) is 6.07 Å². The zero-order chi connectivity index (χ0) is 28.4. The predicted octanol–water partition coefficient (Wildman–Crippen LogP) is 7.11. The third-order valence-corrected chi connectivity index (χ3v) is 6.32. The second kappa shape index (κ2) is 11.1. The lowest BCUT2D eigenvalue weighted by Gasteiger charge is -2.39. The van der Waals surface area contributed by atoms with Gasteiger partial charge in [-0.25, -0.2) is 9.59 Å². The van der Waals surface area contributed by atoms with Crippen LogP contribution in [-0.2, 0) is 28.2 Å².